The van der Waals surface area contributed by atoms with E-state index < -0.39 is 16.1 Å². The zero-order valence-electron chi connectivity index (χ0n) is 16.1. The van der Waals surface area contributed by atoms with Crippen molar-refractivity contribution in [3.63, 3.8) is 0 Å². The molecule has 1 atom stereocenters. The fourth-order valence-electron chi connectivity index (χ4n) is 3.14. The second-order valence-corrected chi connectivity index (χ2v) is 9.60. The lowest BCUT2D eigenvalue weighted by Gasteiger charge is -2.29. The van der Waals surface area contributed by atoms with E-state index in [1.165, 1.54) is 4.31 Å². The molecule has 146 valence electrons. The minimum absolute atomic E-state index is 0.272. The predicted molar refractivity (Wildman–Crippen MR) is 118 cm³/mol. The molecule has 3 rings (SSSR count). The molecule has 0 aromatic heterocycles. The van der Waals surface area contributed by atoms with Crippen LogP contribution in [0.15, 0.2) is 88.2 Å². The summed E-state index contributed by atoms with van der Waals surface area (Å²) in [5, 5.41) is 0. The SMILES string of the molecule is CN(C)c1cccc(S(=O)(=O)N(C)C(c2ccccc2)c2ccccc2Br)c1. The summed E-state index contributed by atoms with van der Waals surface area (Å²) in [4.78, 5) is 2.16. The summed E-state index contributed by atoms with van der Waals surface area (Å²) in [5.74, 6) is 0. The van der Waals surface area contributed by atoms with Crippen LogP contribution < -0.4 is 4.90 Å². The van der Waals surface area contributed by atoms with Crippen LogP contribution in [0.4, 0.5) is 5.69 Å². The van der Waals surface area contributed by atoms with Gasteiger partial charge in [-0.05, 0) is 35.4 Å². The number of hydrogen-bond donors (Lipinski definition) is 0. The van der Waals surface area contributed by atoms with Gasteiger partial charge >= 0.3 is 0 Å². The van der Waals surface area contributed by atoms with Crippen LogP contribution >= 0.6 is 15.9 Å². The molecule has 1 unspecified atom stereocenters. The Morgan fingerprint density at radius 2 is 1.46 bits per heavy atom. The Kier molecular flexibility index (Phi) is 6.23. The quantitative estimate of drug-likeness (QED) is 0.525. The number of hydrogen-bond acceptors (Lipinski definition) is 3. The van der Waals surface area contributed by atoms with Crippen molar-refractivity contribution < 1.29 is 8.42 Å². The molecule has 0 saturated carbocycles. The van der Waals surface area contributed by atoms with E-state index in [9.17, 15) is 8.42 Å². The normalized spacial score (nSPS) is 12.8. The highest BCUT2D eigenvalue weighted by atomic mass is 79.9. The second-order valence-electron chi connectivity index (χ2n) is 6.75. The van der Waals surface area contributed by atoms with E-state index in [2.05, 4.69) is 15.9 Å². The van der Waals surface area contributed by atoms with Crippen LogP contribution in [0.1, 0.15) is 17.2 Å². The second kappa shape index (κ2) is 8.47. The van der Waals surface area contributed by atoms with Crippen molar-refractivity contribution in [2.45, 2.75) is 10.9 Å². The Bertz CT molecular complexity index is 1050. The van der Waals surface area contributed by atoms with E-state index in [1.807, 2.05) is 79.7 Å². The van der Waals surface area contributed by atoms with Crippen molar-refractivity contribution in [1.82, 2.24) is 4.31 Å². The molecular formula is C22H23BrN2O2S. The average Bonchev–Trinajstić information content (AvgIpc) is 2.70. The highest BCUT2D eigenvalue weighted by Gasteiger charge is 2.31. The molecule has 0 aliphatic heterocycles. The molecule has 3 aromatic rings. The fourth-order valence-corrected chi connectivity index (χ4v) is 5.01. The molecule has 0 amide bonds. The molecule has 0 aliphatic carbocycles. The molecule has 0 radical (unpaired) electrons. The first-order valence-corrected chi connectivity index (χ1v) is 11.1. The lowest BCUT2D eigenvalue weighted by atomic mass is 9.99. The summed E-state index contributed by atoms with van der Waals surface area (Å²) in [7, 11) is 1.70. The van der Waals surface area contributed by atoms with Crippen molar-refractivity contribution in [3.8, 4) is 0 Å². The third-order valence-electron chi connectivity index (χ3n) is 4.69. The van der Waals surface area contributed by atoms with Crippen molar-refractivity contribution in [2.24, 2.45) is 0 Å². The van der Waals surface area contributed by atoms with Crippen LogP contribution in [0.5, 0.6) is 0 Å². The van der Waals surface area contributed by atoms with Gasteiger partial charge in [-0.3, -0.25) is 0 Å². The minimum atomic E-state index is -3.72. The molecule has 6 heteroatoms. The predicted octanol–water partition coefficient (Wildman–Crippen LogP) is 4.93. The van der Waals surface area contributed by atoms with Gasteiger partial charge in [-0.1, -0.05) is 70.5 Å². The Morgan fingerprint density at radius 1 is 0.821 bits per heavy atom. The summed E-state index contributed by atoms with van der Waals surface area (Å²) in [6.07, 6.45) is 0. The maximum atomic E-state index is 13.5. The molecule has 0 heterocycles. The van der Waals surface area contributed by atoms with Crippen LogP contribution in [-0.4, -0.2) is 33.9 Å². The molecule has 3 aromatic carbocycles. The Balaban J connectivity index is 2.13. The minimum Gasteiger partial charge on any atom is -0.378 e. The van der Waals surface area contributed by atoms with Crippen LogP contribution in [0.25, 0.3) is 0 Å². The highest BCUT2D eigenvalue weighted by Crippen LogP contribution is 2.36. The zero-order valence-corrected chi connectivity index (χ0v) is 18.5. The van der Waals surface area contributed by atoms with E-state index in [0.29, 0.717) is 0 Å². The van der Waals surface area contributed by atoms with E-state index in [1.54, 1.807) is 25.2 Å². The van der Waals surface area contributed by atoms with E-state index in [-0.39, 0.29) is 4.90 Å². The standard InChI is InChI=1S/C22H23BrN2O2S/c1-24(2)18-12-9-13-19(16-18)28(26,27)25(3)22(17-10-5-4-6-11-17)20-14-7-8-15-21(20)23/h4-16,22H,1-3H3. The van der Waals surface area contributed by atoms with Gasteiger partial charge in [-0.2, -0.15) is 4.31 Å². The smallest absolute Gasteiger partial charge is 0.243 e. The van der Waals surface area contributed by atoms with E-state index in [0.717, 1.165) is 21.3 Å². The van der Waals surface area contributed by atoms with Gasteiger partial charge < -0.3 is 4.90 Å². The lowest BCUT2D eigenvalue weighted by Crippen LogP contribution is -2.32. The number of sulfonamides is 1. The fraction of sp³-hybridized carbons (Fsp3) is 0.182. The van der Waals surface area contributed by atoms with Gasteiger partial charge in [-0.15, -0.1) is 0 Å². The molecule has 4 nitrogen and oxygen atoms in total. The van der Waals surface area contributed by atoms with Gasteiger partial charge in [0, 0.05) is 31.3 Å². The number of halogens is 1. The summed E-state index contributed by atoms with van der Waals surface area (Å²) >= 11 is 3.59. The summed E-state index contributed by atoms with van der Waals surface area (Å²) in [6, 6.07) is 23.9. The lowest BCUT2D eigenvalue weighted by molar-refractivity contribution is 0.417. The topological polar surface area (TPSA) is 40.6 Å². The Hall–Kier alpha value is -2.15. The number of benzene rings is 3. The summed E-state index contributed by atoms with van der Waals surface area (Å²) in [6.45, 7) is 0. The van der Waals surface area contributed by atoms with Crippen LogP contribution in [0.2, 0.25) is 0 Å². The van der Waals surface area contributed by atoms with Crippen LogP contribution in [-0.2, 0) is 10.0 Å². The third kappa shape index (κ3) is 4.14. The maximum Gasteiger partial charge on any atom is 0.243 e. The van der Waals surface area contributed by atoms with Gasteiger partial charge in [0.25, 0.3) is 0 Å². The molecule has 0 fully saturated rings. The molecule has 28 heavy (non-hydrogen) atoms. The van der Waals surface area contributed by atoms with Crippen LogP contribution in [0, 0.1) is 0 Å². The molecule has 0 saturated heterocycles. The molecule has 0 bridgehead atoms. The molecular weight excluding hydrogens is 436 g/mol. The number of nitrogens with zero attached hydrogens (tertiary/aromatic N) is 2. The highest BCUT2D eigenvalue weighted by molar-refractivity contribution is 9.10. The maximum absolute atomic E-state index is 13.5. The monoisotopic (exact) mass is 458 g/mol. The number of anilines is 1. The first-order chi connectivity index (χ1) is 13.3. The molecule has 0 aliphatic rings. The Morgan fingerprint density at radius 3 is 2.11 bits per heavy atom. The van der Waals surface area contributed by atoms with Gasteiger partial charge in [0.1, 0.15) is 0 Å². The molecule has 0 N–H and O–H groups in total. The van der Waals surface area contributed by atoms with Crippen LogP contribution in [0.3, 0.4) is 0 Å². The van der Waals surface area contributed by atoms with Crippen molar-refractivity contribution in [1.29, 1.82) is 0 Å². The largest absolute Gasteiger partial charge is 0.378 e. The van der Waals surface area contributed by atoms with E-state index in [4.69, 9.17) is 0 Å². The first kappa shape index (κ1) is 20.6. The number of rotatable bonds is 6. The third-order valence-corrected chi connectivity index (χ3v) is 7.23. The van der Waals surface area contributed by atoms with Gasteiger partial charge in [0.05, 0.1) is 10.9 Å². The first-order valence-electron chi connectivity index (χ1n) is 8.87. The van der Waals surface area contributed by atoms with Gasteiger partial charge in [0.2, 0.25) is 10.0 Å². The van der Waals surface area contributed by atoms with Crippen molar-refractivity contribution in [3.05, 3.63) is 94.5 Å². The Labute approximate surface area is 175 Å². The van der Waals surface area contributed by atoms with Gasteiger partial charge in [0.15, 0.2) is 0 Å². The van der Waals surface area contributed by atoms with Crippen molar-refractivity contribution in [2.75, 3.05) is 26.0 Å². The summed E-state index contributed by atoms with van der Waals surface area (Å²) < 4.78 is 29.3. The van der Waals surface area contributed by atoms with E-state index >= 15 is 0 Å². The summed E-state index contributed by atoms with van der Waals surface area (Å²) in [5.41, 5.74) is 2.64. The van der Waals surface area contributed by atoms with Crippen molar-refractivity contribution >= 4 is 31.6 Å². The zero-order chi connectivity index (χ0) is 20.3. The average molecular weight is 459 g/mol. The van der Waals surface area contributed by atoms with Gasteiger partial charge in [-0.25, -0.2) is 8.42 Å². The molecule has 0 spiro atoms.